The van der Waals surface area contributed by atoms with Crippen LogP contribution in [0.2, 0.25) is 5.02 Å². The standard InChI is InChI=1S/C28H27ClN4O3/c1-35-25-8-3-2-5-22(25)18-26(34)33-15-13-32(14-16-33)19-20-9-11-21(12-10-20)27-30-28(36-31-27)23-6-4-7-24(29)17-23/h2-12,17H,13-16,18-19H2,1H3. The molecule has 7 nitrogen and oxygen atoms in total. The fourth-order valence-corrected chi connectivity index (χ4v) is 4.57. The maximum atomic E-state index is 12.8. The molecule has 4 aromatic rings. The molecule has 36 heavy (non-hydrogen) atoms. The second-order valence-corrected chi connectivity index (χ2v) is 9.21. The largest absolute Gasteiger partial charge is 0.496 e. The van der Waals surface area contributed by atoms with Crippen LogP contribution >= 0.6 is 11.6 Å². The number of ether oxygens (including phenoxy) is 1. The molecule has 8 heteroatoms. The molecule has 0 spiro atoms. The van der Waals surface area contributed by atoms with Gasteiger partial charge in [0.2, 0.25) is 11.7 Å². The van der Waals surface area contributed by atoms with E-state index in [1.54, 1.807) is 19.2 Å². The van der Waals surface area contributed by atoms with Crippen LogP contribution in [0.25, 0.3) is 22.8 Å². The van der Waals surface area contributed by atoms with E-state index < -0.39 is 0 Å². The molecule has 1 fully saturated rings. The van der Waals surface area contributed by atoms with Crippen molar-refractivity contribution >= 4 is 17.5 Å². The normalized spacial score (nSPS) is 14.1. The summed E-state index contributed by atoms with van der Waals surface area (Å²) in [5, 5.41) is 4.74. The zero-order valence-electron chi connectivity index (χ0n) is 20.1. The van der Waals surface area contributed by atoms with Gasteiger partial charge in [-0.25, -0.2) is 0 Å². The molecule has 2 heterocycles. The maximum Gasteiger partial charge on any atom is 0.258 e. The van der Waals surface area contributed by atoms with Gasteiger partial charge < -0.3 is 14.2 Å². The minimum atomic E-state index is 0.140. The summed E-state index contributed by atoms with van der Waals surface area (Å²) in [6.45, 7) is 3.96. The summed E-state index contributed by atoms with van der Waals surface area (Å²) in [6.07, 6.45) is 0.362. The van der Waals surface area contributed by atoms with E-state index in [2.05, 4.69) is 27.2 Å². The van der Waals surface area contributed by atoms with Crippen molar-refractivity contribution in [2.75, 3.05) is 33.3 Å². The lowest BCUT2D eigenvalue weighted by molar-refractivity contribution is -0.132. The molecule has 1 saturated heterocycles. The summed E-state index contributed by atoms with van der Waals surface area (Å²) in [4.78, 5) is 21.6. The van der Waals surface area contributed by atoms with Crippen LogP contribution in [0.4, 0.5) is 0 Å². The SMILES string of the molecule is COc1ccccc1CC(=O)N1CCN(Cc2ccc(-c3noc(-c4cccc(Cl)c4)n3)cc2)CC1. The maximum absolute atomic E-state index is 12.8. The van der Waals surface area contributed by atoms with Gasteiger partial charge in [0.25, 0.3) is 5.89 Å². The lowest BCUT2D eigenvalue weighted by Gasteiger charge is -2.35. The first-order valence-corrected chi connectivity index (χ1v) is 12.3. The number of carbonyl (C=O) groups is 1. The van der Waals surface area contributed by atoms with Crippen LogP contribution in [-0.4, -0.2) is 59.1 Å². The summed E-state index contributed by atoms with van der Waals surface area (Å²) in [7, 11) is 1.63. The van der Waals surface area contributed by atoms with Gasteiger partial charge in [-0.3, -0.25) is 9.69 Å². The molecule has 1 aliphatic rings. The van der Waals surface area contributed by atoms with Gasteiger partial charge in [0, 0.05) is 54.4 Å². The molecule has 1 aliphatic heterocycles. The van der Waals surface area contributed by atoms with Gasteiger partial charge in [-0.05, 0) is 29.8 Å². The third-order valence-corrected chi connectivity index (χ3v) is 6.61. The Balaban J connectivity index is 1.14. The van der Waals surface area contributed by atoms with E-state index in [1.807, 2.05) is 53.4 Å². The number of para-hydroxylation sites is 1. The van der Waals surface area contributed by atoms with E-state index in [0.717, 1.165) is 55.2 Å². The Morgan fingerprint density at radius 2 is 1.75 bits per heavy atom. The van der Waals surface area contributed by atoms with E-state index in [-0.39, 0.29) is 5.91 Å². The Bertz CT molecular complexity index is 1330. The van der Waals surface area contributed by atoms with Crippen molar-refractivity contribution in [3.63, 3.8) is 0 Å². The van der Waals surface area contributed by atoms with Crippen LogP contribution in [0, 0.1) is 0 Å². The molecule has 0 unspecified atom stereocenters. The zero-order chi connectivity index (χ0) is 24.9. The highest BCUT2D eigenvalue weighted by molar-refractivity contribution is 6.30. The summed E-state index contributed by atoms with van der Waals surface area (Å²) >= 11 is 6.07. The number of amides is 1. The fraction of sp³-hybridized carbons (Fsp3) is 0.250. The van der Waals surface area contributed by atoms with Crippen molar-refractivity contribution in [3.8, 4) is 28.6 Å². The molecule has 0 N–H and O–H groups in total. The topological polar surface area (TPSA) is 71.7 Å². The minimum absolute atomic E-state index is 0.140. The van der Waals surface area contributed by atoms with Crippen LogP contribution in [0.1, 0.15) is 11.1 Å². The van der Waals surface area contributed by atoms with E-state index in [4.69, 9.17) is 20.9 Å². The molecule has 5 rings (SSSR count). The Kier molecular flexibility index (Phi) is 7.30. The summed E-state index contributed by atoms with van der Waals surface area (Å²) < 4.78 is 10.8. The van der Waals surface area contributed by atoms with Crippen LogP contribution < -0.4 is 4.74 Å². The van der Waals surface area contributed by atoms with E-state index in [1.165, 1.54) is 5.56 Å². The van der Waals surface area contributed by atoms with Crippen LogP contribution in [-0.2, 0) is 17.8 Å². The van der Waals surface area contributed by atoms with Gasteiger partial charge in [0.1, 0.15) is 5.75 Å². The van der Waals surface area contributed by atoms with Gasteiger partial charge in [0.05, 0.1) is 13.5 Å². The molecule has 1 aromatic heterocycles. The van der Waals surface area contributed by atoms with Gasteiger partial charge in [0.15, 0.2) is 0 Å². The van der Waals surface area contributed by atoms with Crippen LogP contribution in [0.5, 0.6) is 5.75 Å². The lowest BCUT2D eigenvalue weighted by Crippen LogP contribution is -2.48. The van der Waals surface area contributed by atoms with Gasteiger partial charge >= 0.3 is 0 Å². The Labute approximate surface area is 215 Å². The third kappa shape index (κ3) is 5.58. The van der Waals surface area contributed by atoms with Crippen molar-refractivity contribution in [3.05, 3.63) is 88.9 Å². The molecule has 3 aromatic carbocycles. The average Bonchev–Trinajstić information content (AvgIpc) is 3.40. The Morgan fingerprint density at radius 3 is 2.50 bits per heavy atom. The van der Waals surface area contributed by atoms with Crippen molar-refractivity contribution in [2.45, 2.75) is 13.0 Å². The van der Waals surface area contributed by atoms with E-state index >= 15 is 0 Å². The summed E-state index contributed by atoms with van der Waals surface area (Å²) in [6, 6.07) is 23.2. The lowest BCUT2D eigenvalue weighted by atomic mass is 10.1. The summed E-state index contributed by atoms with van der Waals surface area (Å²) in [5.74, 6) is 1.88. The number of nitrogens with zero attached hydrogens (tertiary/aromatic N) is 4. The molecule has 184 valence electrons. The number of benzene rings is 3. The monoisotopic (exact) mass is 502 g/mol. The molecule has 0 atom stereocenters. The highest BCUT2D eigenvalue weighted by Crippen LogP contribution is 2.25. The van der Waals surface area contributed by atoms with Gasteiger partial charge in [-0.1, -0.05) is 65.3 Å². The second kappa shape index (κ2) is 10.9. The van der Waals surface area contributed by atoms with E-state index in [9.17, 15) is 4.79 Å². The van der Waals surface area contributed by atoms with Gasteiger partial charge in [-0.2, -0.15) is 4.98 Å². The van der Waals surface area contributed by atoms with Gasteiger partial charge in [-0.15, -0.1) is 0 Å². The molecule has 0 saturated carbocycles. The summed E-state index contributed by atoms with van der Waals surface area (Å²) in [5.41, 5.74) is 3.81. The molecule has 1 amide bonds. The van der Waals surface area contributed by atoms with Crippen molar-refractivity contribution < 1.29 is 14.1 Å². The van der Waals surface area contributed by atoms with Crippen LogP contribution in [0.15, 0.2) is 77.3 Å². The number of halogens is 1. The number of methoxy groups -OCH3 is 1. The molecular weight excluding hydrogens is 476 g/mol. The molecular formula is C28H27ClN4O3. The third-order valence-electron chi connectivity index (χ3n) is 6.38. The molecule has 0 bridgehead atoms. The number of carbonyl (C=O) groups excluding carboxylic acids is 1. The highest BCUT2D eigenvalue weighted by atomic mass is 35.5. The first-order chi connectivity index (χ1) is 17.6. The number of hydrogen-bond donors (Lipinski definition) is 0. The van der Waals surface area contributed by atoms with Crippen LogP contribution in [0.3, 0.4) is 0 Å². The fourth-order valence-electron chi connectivity index (χ4n) is 4.38. The number of piperazine rings is 1. The Hall–Kier alpha value is -3.68. The van der Waals surface area contributed by atoms with Crippen molar-refractivity contribution in [1.29, 1.82) is 0 Å². The Morgan fingerprint density at radius 1 is 0.972 bits per heavy atom. The number of aromatic nitrogens is 2. The van der Waals surface area contributed by atoms with Crippen molar-refractivity contribution in [1.82, 2.24) is 19.9 Å². The minimum Gasteiger partial charge on any atom is -0.496 e. The zero-order valence-corrected chi connectivity index (χ0v) is 20.8. The number of rotatable bonds is 7. The predicted octanol–water partition coefficient (Wildman–Crippen LogP) is 4.95. The average molecular weight is 503 g/mol. The number of hydrogen-bond acceptors (Lipinski definition) is 6. The second-order valence-electron chi connectivity index (χ2n) is 8.78. The van der Waals surface area contributed by atoms with E-state index in [0.29, 0.717) is 23.2 Å². The predicted molar refractivity (Wildman–Crippen MR) is 139 cm³/mol. The first kappa shape index (κ1) is 24.0. The van der Waals surface area contributed by atoms with Crippen molar-refractivity contribution in [2.24, 2.45) is 0 Å². The first-order valence-electron chi connectivity index (χ1n) is 11.9. The highest BCUT2D eigenvalue weighted by Gasteiger charge is 2.22. The smallest absolute Gasteiger partial charge is 0.258 e. The molecule has 0 radical (unpaired) electrons. The quantitative estimate of drug-likeness (QED) is 0.356. The molecule has 0 aliphatic carbocycles.